The Balaban J connectivity index is 1.62. The van der Waals surface area contributed by atoms with Gasteiger partial charge in [0, 0.05) is 17.0 Å². The van der Waals surface area contributed by atoms with Crippen molar-refractivity contribution in [2.24, 2.45) is 0 Å². The highest BCUT2D eigenvalue weighted by atomic mass is 32.2. The van der Waals surface area contributed by atoms with Crippen molar-refractivity contribution in [3.05, 3.63) is 59.3 Å². The summed E-state index contributed by atoms with van der Waals surface area (Å²) in [5, 5.41) is 10.2. The third-order valence-corrected chi connectivity index (χ3v) is 8.10. The van der Waals surface area contributed by atoms with Crippen molar-refractivity contribution in [1.82, 2.24) is 15.3 Å². The highest BCUT2D eigenvalue weighted by Crippen LogP contribution is 2.37. The molecular weight excluding hydrogens is 470 g/mol. The molecule has 1 aromatic heterocycles. The first-order valence-electron chi connectivity index (χ1n) is 12.7. The third-order valence-electron chi connectivity index (χ3n) is 6.45. The molecule has 1 unspecified atom stereocenters. The van der Waals surface area contributed by atoms with Crippen LogP contribution in [-0.2, 0) is 10.8 Å². The van der Waals surface area contributed by atoms with Gasteiger partial charge in [-0.25, -0.2) is 4.98 Å². The van der Waals surface area contributed by atoms with E-state index in [4.69, 9.17) is 9.72 Å². The van der Waals surface area contributed by atoms with Gasteiger partial charge in [-0.1, -0.05) is 26.0 Å². The molecular formula is C28H37N5O2S. The molecule has 7 nitrogen and oxygen atoms in total. The van der Waals surface area contributed by atoms with E-state index in [0.29, 0.717) is 24.3 Å². The molecule has 0 aliphatic carbocycles. The minimum Gasteiger partial charge on any atom is -0.492 e. The number of nitrogens with zero attached hydrogens (tertiary/aromatic N) is 2. The van der Waals surface area contributed by atoms with E-state index in [1.54, 1.807) is 6.20 Å². The summed E-state index contributed by atoms with van der Waals surface area (Å²) >= 11 is 0. The van der Waals surface area contributed by atoms with Gasteiger partial charge in [0.2, 0.25) is 5.95 Å². The Morgan fingerprint density at radius 1 is 1.08 bits per heavy atom. The number of aryl methyl sites for hydroxylation is 2. The Morgan fingerprint density at radius 2 is 1.83 bits per heavy atom. The van der Waals surface area contributed by atoms with Crippen LogP contribution in [0.5, 0.6) is 5.75 Å². The summed E-state index contributed by atoms with van der Waals surface area (Å²) in [4.78, 5) is 10.0. The Kier molecular flexibility index (Phi) is 8.59. The van der Waals surface area contributed by atoms with E-state index in [9.17, 15) is 4.21 Å². The van der Waals surface area contributed by atoms with Crippen molar-refractivity contribution in [2.45, 2.75) is 63.5 Å². The van der Waals surface area contributed by atoms with Gasteiger partial charge in [-0.3, -0.25) is 4.21 Å². The molecule has 1 aliphatic rings. The van der Waals surface area contributed by atoms with Crippen molar-refractivity contribution in [1.29, 1.82) is 0 Å². The van der Waals surface area contributed by atoms with Gasteiger partial charge in [-0.2, -0.15) is 4.98 Å². The van der Waals surface area contributed by atoms with Crippen LogP contribution in [0.2, 0.25) is 0 Å². The zero-order chi connectivity index (χ0) is 25.7. The highest BCUT2D eigenvalue weighted by molar-refractivity contribution is 7.85. The van der Waals surface area contributed by atoms with Crippen molar-refractivity contribution in [3.63, 3.8) is 0 Å². The van der Waals surface area contributed by atoms with E-state index in [-0.39, 0.29) is 5.25 Å². The number of ether oxygens (including phenoxy) is 1. The van der Waals surface area contributed by atoms with Crippen LogP contribution in [0.15, 0.2) is 47.5 Å². The lowest BCUT2D eigenvalue weighted by atomic mass is 9.87. The van der Waals surface area contributed by atoms with Gasteiger partial charge in [0.25, 0.3) is 0 Å². The zero-order valence-electron chi connectivity index (χ0n) is 21.9. The molecule has 1 atom stereocenters. The zero-order valence-corrected chi connectivity index (χ0v) is 22.7. The summed E-state index contributed by atoms with van der Waals surface area (Å²) in [6.07, 6.45) is 4.06. The van der Waals surface area contributed by atoms with Crippen molar-refractivity contribution >= 4 is 33.9 Å². The molecule has 1 fully saturated rings. The molecule has 192 valence electrons. The first-order valence-corrected chi connectivity index (χ1v) is 13.9. The number of nitrogens with one attached hydrogen (secondary N) is 3. The number of hydrogen-bond acceptors (Lipinski definition) is 7. The fraction of sp³-hybridized carbons (Fsp3) is 0.429. The first kappa shape index (κ1) is 26.1. The maximum Gasteiger partial charge on any atom is 0.229 e. The predicted octanol–water partition coefficient (Wildman–Crippen LogP) is 5.96. The van der Waals surface area contributed by atoms with Crippen LogP contribution < -0.4 is 20.7 Å². The molecule has 0 radical (unpaired) electrons. The summed E-state index contributed by atoms with van der Waals surface area (Å²) < 4.78 is 18.9. The van der Waals surface area contributed by atoms with E-state index in [1.807, 2.05) is 52.0 Å². The number of anilines is 4. The highest BCUT2D eigenvalue weighted by Gasteiger charge is 2.20. The number of hydrogen-bond donors (Lipinski definition) is 3. The van der Waals surface area contributed by atoms with Gasteiger partial charge in [0.15, 0.2) is 0 Å². The van der Waals surface area contributed by atoms with E-state index < -0.39 is 10.8 Å². The second-order valence-electron chi connectivity index (χ2n) is 9.48. The molecule has 3 aromatic rings. The van der Waals surface area contributed by atoms with Crippen molar-refractivity contribution in [3.8, 4) is 5.75 Å². The number of piperidine rings is 1. The van der Waals surface area contributed by atoms with E-state index in [2.05, 4.69) is 40.0 Å². The summed E-state index contributed by atoms with van der Waals surface area (Å²) in [7, 11) is -1.12. The topological polar surface area (TPSA) is 88.2 Å². The second-order valence-corrected chi connectivity index (χ2v) is 11.5. The molecule has 1 aliphatic heterocycles. The quantitative estimate of drug-likeness (QED) is 0.329. The van der Waals surface area contributed by atoms with Crippen molar-refractivity contribution < 1.29 is 8.95 Å². The molecule has 36 heavy (non-hydrogen) atoms. The monoisotopic (exact) mass is 507 g/mol. The molecule has 3 N–H and O–H groups in total. The van der Waals surface area contributed by atoms with E-state index in [0.717, 1.165) is 53.5 Å². The summed E-state index contributed by atoms with van der Waals surface area (Å²) in [5.74, 6) is 2.50. The Bertz CT molecular complexity index is 1220. The van der Waals surface area contributed by atoms with Crippen LogP contribution in [0.4, 0.5) is 23.1 Å². The molecule has 0 saturated carbocycles. The Labute approximate surface area is 216 Å². The molecule has 2 heterocycles. The predicted molar refractivity (Wildman–Crippen MR) is 149 cm³/mol. The molecule has 0 spiro atoms. The number of aromatic nitrogens is 2. The summed E-state index contributed by atoms with van der Waals surface area (Å²) in [6.45, 7) is 12.7. The molecule has 1 saturated heterocycles. The van der Waals surface area contributed by atoms with Gasteiger partial charge in [0.05, 0.1) is 33.7 Å². The minimum atomic E-state index is -1.12. The summed E-state index contributed by atoms with van der Waals surface area (Å²) in [5.41, 5.74) is 5.13. The SMILES string of the molecule is CCOc1cc(C2CCNCC2)c(C)cc1Nc1ncc(C)c(Nc2ccccc2S(=O)C(C)C)n1. The third kappa shape index (κ3) is 6.05. The summed E-state index contributed by atoms with van der Waals surface area (Å²) in [6, 6.07) is 12.0. The number of para-hydroxylation sites is 1. The molecule has 0 amide bonds. The molecule has 2 aromatic carbocycles. The van der Waals surface area contributed by atoms with Gasteiger partial charge in [-0.15, -0.1) is 0 Å². The van der Waals surface area contributed by atoms with Crippen LogP contribution in [0.1, 0.15) is 56.2 Å². The van der Waals surface area contributed by atoms with Crippen LogP contribution in [-0.4, -0.2) is 39.1 Å². The second kappa shape index (κ2) is 11.8. The lowest BCUT2D eigenvalue weighted by molar-refractivity contribution is 0.340. The normalized spacial score (nSPS) is 15.1. The van der Waals surface area contributed by atoms with Gasteiger partial charge >= 0.3 is 0 Å². The van der Waals surface area contributed by atoms with Crippen LogP contribution in [0.3, 0.4) is 0 Å². The van der Waals surface area contributed by atoms with E-state index >= 15 is 0 Å². The Hall–Kier alpha value is -2.97. The smallest absolute Gasteiger partial charge is 0.229 e. The average molecular weight is 508 g/mol. The maximum atomic E-state index is 12.8. The Morgan fingerprint density at radius 3 is 2.56 bits per heavy atom. The minimum absolute atomic E-state index is 0.0183. The van der Waals surface area contributed by atoms with Gasteiger partial charge < -0.3 is 20.7 Å². The molecule has 8 heteroatoms. The van der Waals surface area contributed by atoms with Crippen LogP contribution >= 0.6 is 0 Å². The fourth-order valence-corrected chi connectivity index (χ4v) is 5.58. The van der Waals surface area contributed by atoms with Gasteiger partial charge in [0.1, 0.15) is 11.6 Å². The maximum absolute atomic E-state index is 12.8. The average Bonchev–Trinajstić information content (AvgIpc) is 2.88. The van der Waals surface area contributed by atoms with Crippen LogP contribution in [0, 0.1) is 13.8 Å². The van der Waals surface area contributed by atoms with Gasteiger partial charge in [-0.05, 0) is 88.0 Å². The standard InChI is InChI=1S/C28H37N5O2S/c1-6-35-25-16-22(21-11-13-29-14-12-21)19(4)15-24(25)32-28-30-17-20(5)27(33-28)31-23-9-7-8-10-26(23)36(34)18(2)3/h7-10,15-18,21,29H,6,11-14H2,1-5H3,(H2,30,31,32,33). The lowest BCUT2D eigenvalue weighted by Gasteiger charge is -2.26. The fourth-order valence-electron chi connectivity index (χ4n) is 4.53. The largest absolute Gasteiger partial charge is 0.492 e. The first-order chi connectivity index (χ1) is 17.4. The number of rotatable bonds is 9. The van der Waals surface area contributed by atoms with Crippen molar-refractivity contribution in [2.75, 3.05) is 30.3 Å². The molecule has 4 rings (SSSR count). The number of benzene rings is 2. The van der Waals surface area contributed by atoms with E-state index in [1.165, 1.54) is 11.1 Å². The molecule has 0 bridgehead atoms. The van der Waals surface area contributed by atoms with Crippen LogP contribution in [0.25, 0.3) is 0 Å². The lowest BCUT2D eigenvalue weighted by Crippen LogP contribution is -2.27.